The van der Waals surface area contributed by atoms with Crippen molar-refractivity contribution in [2.45, 2.75) is 59.4 Å². The van der Waals surface area contributed by atoms with Crippen molar-refractivity contribution in [3.05, 3.63) is 64.2 Å². The maximum absolute atomic E-state index is 13.9. The summed E-state index contributed by atoms with van der Waals surface area (Å²) in [6.45, 7) is 8.95. The number of carbonyl (C=O) groups excluding carboxylic acids is 1. The molecule has 34 heavy (non-hydrogen) atoms. The van der Waals surface area contributed by atoms with Crippen LogP contribution in [0.1, 0.15) is 63.9 Å². The number of fused-ring (bicyclic) bond motifs is 1. The van der Waals surface area contributed by atoms with Crippen LogP contribution in [0.2, 0.25) is 0 Å². The molecule has 1 saturated carbocycles. The second-order valence-corrected chi connectivity index (χ2v) is 9.82. The molecule has 180 valence electrons. The quantitative estimate of drug-likeness (QED) is 0.448. The Kier molecular flexibility index (Phi) is 7.05. The summed E-state index contributed by atoms with van der Waals surface area (Å²) >= 11 is 0. The van der Waals surface area contributed by atoms with Crippen LogP contribution in [0, 0.1) is 18.8 Å². The minimum Gasteiger partial charge on any atom is -0.495 e. The summed E-state index contributed by atoms with van der Waals surface area (Å²) in [5.41, 5.74) is 2.14. The third-order valence-electron chi connectivity index (χ3n) is 6.90. The van der Waals surface area contributed by atoms with Crippen molar-refractivity contribution in [1.29, 1.82) is 0 Å². The van der Waals surface area contributed by atoms with Gasteiger partial charge in [-0.2, -0.15) is 0 Å². The van der Waals surface area contributed by atoms with Crippen molar-refractivity contribution < 1.29 is 9.53 Å². The molecule has 6 nitrogen and oxygen atoms in total. The number of para-hydroxylation sites is 1. The molecule has 1 aliphatic carbocycles. The van der Waals surface area contributed by atoms with E-state index in [9.17, 15) is 9.59 Å². The molecule has 3 aromatic rings. The summed E-state index contributed by atoms with van der Waals surface area (Å²) in [6.07, 6.45) is 3.87. The summed E-state index contributed by atoms with van der Waals surface area (Å²) < 4.78 is 7.29. The van der Waals surface area contributed by atoms with Crippen LogP contribution < -0.4 is 10.3 Å². The molecule has 1 aromatic heterocycles. The van der Waals surface area contributed by atoms with Crippen LogP contribution in [-0.2, 0) is 4.79 Å². The van der Waals surface area contributed by atoms with Gasteiger partial charge in [0.1, 0.15) is 11.6 Å². The Morgan fingerprint density at radius 2 is 1.91 bits per heavy atom. The van der Waals surface area contributed by atoms with Gasteiger partial charge in [-0.05, 0) is 68.9 Å². The second kappa shape index (κ2) is 10.00. The zero-order chi connectivity index (χ0) is 24.4. The molecule has 1 unspecified atom stereocenters. The molecule has 0 aliphatic heterocycles. The van der Waals surface area contributed by atoms with Crippen LogP contribution in [0.5, 0.6) is 5.75 Å². The molecular weight excluding hydrogens is 426 g/mol. The Labute approximate surface area is 201 Å². The van der Waals surface area contributed by atoms with Gasteiger partial charge in [0.2, 0.25) is 5.91 Å². The Morgan fingerprint density at radius 3 is 2.56 bits per heavy atom. The molecule has 1 atom stereocenters. The highest BCUT2D eigenvalue weighted by molar-refractivity contribution is 5.81. The predicted octanol–water partition coefficient (Wildman–Crippen LogP) is 5.44. The number of amides is 1. The number of aryl methyl sites for hydroxylation is 1. The maximum Gasteiger partial charge on any atom is 0.266 e. The first-order valence-corrected chi connectivity index (χ1v) is 12.3. The predicted molar refractivity (Wildman–Crippen MR) is 136 cm³/mol. The van der Waals surface area contributed by atoms with Crippen molar-refractivity contribution in [3.8, 4) is 11.4 Å². The van der Waals surface area contributed by atoms with Gasteiger partial charge in [0.15, 0.2) is 0 Å². The maximum atomic E-state index is 13.9. The molecule has 0 saturated heterocycles. The van der Waals surface area contributed by atoms with Gasteiger partial charge < -0.3 is 9.64 Å². The average Bonchev–Trinajstić information content (AvgIpc) is 2.77. The van der Waals surface area contributed by atoms with Gasteiger partial charge in [-0.3, -0.25) is 14.2 Å². The highest BCUT2D eigenvalue weighted by Crippen LogP contribution is 2.33. The van der Waals surface area contributed by atoms with E-state index in [2.05, 4.69) is 13.8 Å². The lowest BCUT2D eigenvalue weighted by Gasteiger charge is -2.36. The standard InChI is InChI=1S/C28H35N3O3/c1-18(2)15-16-30(27(32)21-9-8-10-21)20(4)26-29-23-12-7-6-11-22(23)28(33)31(26)24-17-19(3)13-14-25(24)34-5/h6-7,11-14,17-18,20-21H,8-10,15-16H2,1-5H3. The number of carbonyl (C=O) groups is 1. The first kappa shape index (κ1) is 24.0. The molecule has 0 bridgehead atoms. The first-order chi connectivity index (χ1) is 16.3. The van der Waals surface area contributed by atoms with Gasteiger partial charge in [0.05, 0.1) is 29.7 Å². The lowest BCUT2D eigenvalue weighted by Crippen LogP contribution is -2.43. The number of hydrogen-bond donors (Lipinski definition) is 0. The number of rotatable bonds is 8. The lowest BCUT2D eigenvalue weighted by molar-refractivity contribution is -0.140. The molecule has 1 amide bonds. The van der Waals surface area contributed by atoms with Gasteiger partial charge >= 0.3 is 0 Å². The van der Waals surface area contributed by atoms with Gasteiger partial charge in [0.25, 0.3) is 5.56 Å². The van der Waals surface area contributed by atoms with Crippen LogP contribution in [0.25, 0.3) is 16.6 Å². The van der Waals surface area contributed by atoms with Crippen LogP contribution in [0.4, 0.5) is 0 Å². The largest absolute Gasteiger partial charge is 0.495 e. The van der Waals surface area contributed by atoms with Crippen molar-refractivity contribution >= 4 is 16.8 Å². The number of benzene rings is 2. The molecule has 0 spiro atoms. The van der Waals surface area contributed by atoms with E-state index >= 15 is 0 Å². The third kappa shape index (κ3) is 4.59. The van der Waals surface area contributed by atoms with Crippen molar-refractivity contribution in [3.63, 3.8) is 0 Å². The van der Waals surface area contributed by atoms with E-state index in [1.54, 1.807) is 17.7 Å². The zero-order valence-electron chi connectivity index (χ0n) is 20.9. The van der Waals surface area contributed by atoms with E-state index in [0.717, 1.165) is 31.2 Å². The Balaban J connectivity index is 1.92. The second-order valence-electron chi connectivity index (χ2n) is 9.82. The van der Waals surface area contributed by atoms with E-state index in [-0.39, 0.29) is 23.4 Å². The number of hydrogen-bond acceptors (Lipinski definition) is 4. The number of ether oxygens (including phenoxy) is 1. The van der Waals surface area contributed by atoms with E-state index in [4.69, 9.17) is 9.72 Å². The Morgan fingerprint density at radius 1 is 1.18 bits per heavy atom. The van der Waals surface area contributed by atoms with Crippen molar-refractivity contribution in [1.82, 2.24) is 14.5 Å². The SMILES string of the molecule is COc1ccc(C)cc1-n1c(C(C)N(CCC(C)C)C(=O)C2CCC2)nc2ccccc2c1=O. The fourth-order valence-corrected chi connectivity index (χ4v) is 4.56. The highest BCUT2D eigenvalue weighted by Gasteiger charge is 2.34. The fraction of sp³-hybridized carbons (Fsp3) is 0.464. The molecule has 0 radical (unpaired) electrons. The molecule has 1 heterocycles. The van der Waals surface area contributed by atoms with Crippen LogP contribution in [-0.4, -0.2) is 34.0 Å². The molecule has 4 rings (SSSR count). The summed E-state index contributed by atoms with van der Waals surface area (Å²) in [6, 6.07) is 12.8. The topological polar surface area (TPSA) is 64.4 Å². The molecule has 1 aliphatic rings. The van der Waals surface area contributed by atoms with E-state index in [1.807, 2.05) is 55.1 Å². The normalized spacial score (nSPS) is 14.8. The van der Waals surface area contributed by atoms with Gasteiger partial charge in [-0.1, -0.05) is 38.5 Å². The van der Waals surface area contributed by atoms with Crippen molar-refractivity contribution in [2.24, 2.45) is 11.8 Å². The summed E-state index contributed by atoms with van der Waals surface area (Å²) in [5.74, 6) is 1.86. The van der Waals surface area contributed by atoms with Crippen molar-refractivity contribution in [2.75, 3.05) is 13.7 Å². The monoisotopic (exact) mass is 461 g/mol. The smallest absolute Gasteiger partial charge is 0.266 e. The summed E-state index contributed by atoms with van der Waals surface area (Å²) in [5, 5.41) is 0.543. The minimum absolute atomic E-state index is 0.0729. The minimum atomic E-state index is -0.366. The van der Waals surface area contributed by atoms with Crippen LogP contribution >= 0.6 is 0 Å². The zero-order valence-corrected chi connectivity index (χ0v) is 20.9. The Bertz CT molecular complexity index is 1240. The average molecular weight is 462 g/mol. The summed E-state index contributed by atoms with van der Waals surface area (Å²) in [4.78, 5) is 34.3. The lowest BCUT2D eigenvalue weighted by atomic mass is 9.84. The van der Waals surface area contributed by atoms with E-state index in [0.29, 0.717) is 40.6 Å². The van der Waals surface area contributed by atoms with Crippen LogP contribution in [0.3, 0.4) is 0 Å². The summed E-state index contributed by atoms with van der Waals surface area (Å²) in [7, 11) is 1.60. The molecular formula is C28H35N3O3. The third-order valence-corrected chi connectivity index (χ3v) is 6.90. The fourth-order valence-electron chi connectivity index (χ4n) is 4.56. The number of methoxy groups -OCH3 is 1. The first-order valence-electron chi connectivity index (χ1n) is 12.3. The van der Waals surface area contributed by atoms with E-state index < -0.39 is 0 Å². The number of aromatic nitrogens is 2. The molecule has 0 N–H and O–H groups in total. The van der Waals surface area contributed by atoms with Gasteiger partial charge in [-0.15, -0.1) is 0 Å². The van der Waals surface area contributed by atoms with E-state index in [1.165, 1.54) is 0 Å². The highest BCUT2D eigenvalue weighted by atomic mass is 16.5. The van der Waals surface area contributed by atoms with Gasteiger partial charge in [-0.25, -0.2) is 4.98 Å². The van der Waals surface area contributed by atoms with Gasteiger partial charge in [0, 0.05) is 12.5 Å². The molecule has 6 heteroatoms. The number of nitrogens with zero attached hydrogens (tertiary/aromatic N) is 3. The molecule has 1 fully saturated rings. The molecule has 2 aromatic carbocycles. The van der Waals surface area contributed by atoms with Crippen LogP contribution in [0.15, 0.2) is 47.3 Å². The Hall–Kier alpha value is -3.15.